The molecule has 1 saturated heterocycles. The van der Waals surface area contributed by atoms with Crippen LogP contribution in [0.5, 0.6) is 0 Å². The third kappa shape index (κ3) is 6.33. The highest BCUT2D eigenvalue weighted by Crippen LogP contribution is 2.40. The van der Waals surface area contributed by atoms with E-state index >= 15 is 0 Å². The second-order valence-corrected chi connectivity index (χ2v) is 10.3. The van der Waals surface area contributed by atoms with Crippen molar-refractivity contribution in [3.8, 4) is 0 Å². The summed E-state index contributed by atoms with van der Waals surface area (Å²) in [6.07, 6.45) is -2.58. The third-order valence-electron chi connectivity index (χ3n) is 7.56. The number of benzene rings is 2. The number of aryl methyl sites for hydroxylation is 1. The van der Waals surface area contributed by atoms with Gasteiger partial charge in [0.05, 0.1) is 48.7 Å². The van der Waals surface area contributed by atoms with Gasteiger partial charge in [0.2, 0.25) is 5.91 Å². The number of halogens is 3. The van der Waals surface area contributed by atoms with Crippen molar-refractivity contribution in [1.82, 2.24) is 10.2 Å². The molecule has 0 saturated carbocycles. The summed E-state index contributed by atoms with van der Waals surface area (Å²) in [5.74, 6) is -0.581. The van der Waals surface area contributed by atoms with Crippen molar-refractivity contribution in [2.75, 3.05) is 26.3 Å². The van der Waals surface area contributed by atoms with Crippen molar-refractivity contribution in [2.45, 2.75) is 63.4 Å². The third-order valence-corrected chi connectivity index (χ3v) is 7.56. The Bertz CT molecular complexity index is 1210. The smallest absolute Gasteiger partial charge is 0.416 e. The highest BCUT2D eigenvalue weighted by Gasteiger charge is 2.50. The lowest BCUT2D eigenvalue weighted by atomic mass is 9.74. The molecule has 0 aromatic heterocycles. The predicted octanol–water partition coefficient (Wildman–Crippen LogP) is 4.93. The standard InChI is InChI=1S/C29H34F3N3O4/c1-4-38-26(37)15-27(35-19-33-16-25(35)36)10-11-28(34-17-27,23-8-6-5-7-9-23)18-39-21(3)22-12-20(2)13-24(14-22)29(30,31)32/h5-9,12-14,19,21,34H,4,10-11,15-18H2,1-3H3/t21-,27-,28-/m1/s1. The summed E-state index contributed by atoms with van der Waals surface area (Å²) in [5.41, 5.74) is -0.359. The number of piperidine rings is 1. The SMILES string of the molecule is CCOC(=O)C[C@]1(N2C=NCC2=O)CC[C@@](CO[C@H](C)c2cc(C)cc(C(F)(F)F)c2)(c2ccccc2)NC1. The Kier molecular flexibility index (Phi) is 8.46. The number of amides is 1. The molecule has 4 rings (SSSR count). The molecule has 0 bridgehead atoms. The zero-order valence-electron chi connectivity index (χ0n) is 22.4. The van der Waals surface area contributed by atoms with Crippen LogP contribution in [-0.2, 0) is 30.8 Å². The molecule has 39 heavy (non-hydrogen) atoms. The van der Waals surface area contributed by atoms with Gasteiger partial charge in [0, 0.05) is 6.54 Å². The fourth-order valence-electron chi connectivity index (χ4n) is 5.39. The molecule has 1 fully saturated rings. The Labute approximate surface area is 226 Å². The van der Waals surface area contributed by atoms with E-state index in [0.717, 1.165) is 17.7 Å². The van der Waals surface area contributed by atoms with E-state index in [4.69, 9.17) is 9.47 Å². The summed E-state index contributed by atoms with van der Waals surface area (Å²) in [5, 5.41) is 3.57. The minimum Gasteiger partial charge on any atom is -0.466 e. The van der Waals surface area contributed by atoms with E-state index < -0.39 is 34.9 Å². The van der Waals surface area contributed by atoms with Gasteiger partial charge in [-0.05, 0) is 56.9 Å². The van der Waals surface area contributed by atoms with Crippen molar-refractivity contribution in [3.63, 3.8) is 0 Å². The first-order chi connectivity index (χ1) is 18.5. The Hall–Kier alpha value is -3.24. The van der Waals surface area contributed by atoms with Gasteiger partial charge in [-0.1, -0.05) is 42.0 Å². The molecule has 2 aliphatic rings. The molecule has 10 heteroatoms. The van der Waals surface area contributed by atoms with Crippen LogP contribution in [0.2, 0.25) is 0 Å². The molecule has 1 amide bonds. The van der Waals surface area contributed by atoms with Gasteiger partial charge in [-0.15, -0.1) is 0 Å². The van der Waals surface area contributed by atoms with Gasteiger partial charge in [-0.25, -0.2) is 0 Å². The Balaban J connectivity index is 1.59. The van der Waals surface area contributed by atoms with E-state index in [1.54, 1.807) is 31.7 Å². The maximum atomic E-state index is 13.4. The van der Waals surface area contributed by atoms with Crippen LogP contribution in [0.4, 0.5) is 13.2 Å². The van der Waals surface area contributed by atoms with E-state index in [1.165, 1.54) is 6.34 Å². The zero-order chi connectivity index (χ0) is 28.3. The lowest BCUT2D eigenvalue weighted by Crippen LogP contribution is -2.65. The number of nitrogens with one attached hydrogen (secondary N) is 1. The first-order valence-electron chi connectivity index (χ1n) is 13.1. The van der Waals surface area contributed by atoms with Crippen molar-refractivity contribution < 1.29 is 32.2 Å². The van der Waals surface area contributed by atoms with E-state index in [2.05, 4.69) is 10.3 Å². The molecule has 2 heterocycles. The minimum atomic E-state index is -4.45. The van der Waals surface area contributed by atoms with Gasteiger partial charge in [-0.2, -0.15) is 13.2 Å². The molecule has 7 nitrogen and oxygen atoms in total. The molecule has 3 atom stereocenters. The Morgan fingerprint density at radius 3 is 2.51 bits per heavy atom. The van der Waals surface area contributed by atoms with Gasteiger partial charge in [0.1, 0.15) is 6.54 Å². The van der Waals surface area contributed by atoms with Gasteiger partial charge in [0.15, 0.2) is 0 Å². The summed E-state index contributed by atoms with van der Waals surface area (Å²) in [7, 11) is 0. The topological polar surface area (TPSA) is 80.2 Å². The van der Waals surface area contributed by atoms with Crippen molar-refractivity contribution in [2.24, 2.45) is 4.99 Å². The molecular formula is C29H34F3N3O4. The largest absolute Gasteiger partial charge is 0.466 e. The van der Waals surface area contributed by atoms with Crippen LogP contribution in [-0.4, -0.2) is 55.0 Å². The summed E-state index contributed by atoms with van der Waals surface area (Å²) in [6, 6.07) is 13.6. The molecule has 2 aromatic carbocycles. The van der Waals surface area contributed by atoms with Crippen LogP contribution in [0.3, 0.4) is 0 Å². The summed E-state index contributed by atoms with van der Waals surface area (Å²) in [6.45, 7) is 5.82. The number of rotatable bonds is 9. The van der Waals surface area contributed by atoms with E-state index in [9.17, 15) is 22.8 Å². The Morgan fingerprint density at radius 1 is 1.18 bits per heavy atom. The van der Waals surface area contributed by atoms with Gasteiger partial charge in [0.25, 0.3) is 0 Å². The van der Waals surface area contributed by atoms with Crippen LogP contribution < -0.4 is 5.32 Å². The van der Waals surface area contributed by atoms with Gasteiger partial charge >= 0.3 is 12.1 Å². The van der Waals surface area contributed by atoms with Crippen molar-refractivity contribution in [1.29, 1.82) is 0 Å². The van der Waals surface area contributed by atoms with Crippen LogP contribution in [0.1, 0.15) is 61.5 Å². The van der Waals surface area contributed by atoms with Gasteiger partial charge in [-0.3, -0.25) is 19.5 Å². The molecule has 1 N–H and O–H groups in total. The van der Waals surface area contributed by atoms with Gasteiger partial charge < -0.3 is 14.8 Å². The lowest BCUT2D eigenvalue weighted by molar-refractivity contribution is -0.148. The second-order valence-electron chi connectivity index (χ2n) is 10.3. The first kappa shape index (κ1) is 28.8. The molecular weight excluding hydrogens is 511 g/mol. The highest BCUT2D eigenvalue weighted by molar-refractivity contribution is 5.95. The number of hydrogen-bond acceptors (Lipinski definition) is 6. The van der Waals surface area contributed by atoms with Crippen LogP contribution in [0, 0.1) is 6.92 Å². The maximum Gasteiger partial charge on any atom is 0.416 e. The normalized spacial score (nSPS) is 24.2. The molecule has 210 valence electrons. The summed E-state index contributed by atoms with van der Waals surface area (Å²) in [4.78, 5) is 30.9. The number of ether oxygens (including phenoxy) is 2. The second kappa shape index (κ2) is 11.5. The number of carbonyl (C=O) groups is 2. The molecule has 0 unspecified atom stereocenters. The number of aliphatic imine (C=N–C) groups is 1. The maximum absolute atomic E-state index is 13.4. The highest BCUT2D eigenvalue weighted by atomic mass is 19.4. The van der Waals surface area contributed by atoms with E-state index in [0.29, 0.717) is 24.0 Å². The van der Waals surface area contributed by atoms with E-state index in [-0.39, 0.29) is 38.6 Å². The minimum absolute atomic E-state index is 0.0112. The van der Waals surface area contributed by atoms with Crippen LogP contribution >= 0.6 is 0 Å². The molecule has 0 radical (unpaired) electrons. The Morgan fingerprint density at radius 2 is 1.92 bits per heavy atom. The quantitative estimate of drug-likeness (QED) is 0.452. The predicted molar refractivity (Wildman–Crippen MR) is 140 cm³/mol. The molecule has 2 aromatic rings. The summed E-state index contributed by atoms with van der Waals surface area (Å²) >= 11 is 0. The summed E-state index contributed by atoms with van der Waals surface area (Å²) < 4.78 is 51.7. The van der Waals surface area contributed by atoms with Crippen molar-refractivity contribution >= 4 is 18.2 Å². The fourth-order valence-corrected chi connectivity index (χ4v) is 5.39. The number of esters is 1. The number of carbonyl (C=O) groups excluding carboxylic acids is 2. The fraction of sp³-hybridized carbons (Fsp3) is 0.483. The average Bonchev–Trinajstić information content (AvgIpc) is 3.34. The number of hydrogen-bond donors (Lipinski definition) is 1. The monoisotopic (exact) mass is 545 g/mol. The lowest BCUT2D eigenvalue weighted by Gasteiger charge is -2.50. The first-order valence-corrected chi connectivity index (χ1v) is 13.1. The average molecular weight is 546 g/mol. The van der Waals surface area contributed by atoms with Crippen LogP contribution in [0.25, 0.3) is 0 Å². The van der Waals surface area contributed by atoms with Crippen molar-refractivity contribution in [3.05, 3.63) is 70.8 Å². The zero-order valence-corrected chi connectivity index (χ0v) is 22.4. The number of nitrogens with zero attached hydrogens (tertiary/aromatic N) is 2. The molecule has 0 aliphatic carbocycles. The van der Waals surface area contributed by atoms with E-state index in [1.807, 2.05) is 30.3 Å². The number of alkyl halides is 3. The molecule has 2 aliphatic heterocycles. The molecule has 0 spiro atoms. The van der Waals surface area contributed by atoms with Crippen LogP contribution in [0.15, 0.2) is 53.5 Å².